The van der Waals surface area contributed by atoms with Crippen molar-refractivity contribution in [2.75, 3.05) is 6.54 Å². The van der Waals surface area contributed by atoms with Gasteiger partial charge in [-0.25, -0.2) is 4.39 Å². The largest absolute Gasteiger partial charge is 0.387 e. The van der Waals surface area contributed by atoms with Gasteiger partial charge in [0.05, 0.1) is 11.0 Å². The van der Waals surface area contributed by atoms with Crippen LogP contribution >= 0.6 is 0 Å². The molecule has 2 N–H and O–H groups in total. The number of aliphatic hydroxyl groups is 1. The zero-order valence-corrected chi connectivity index (χ0v) is 11.2. The van der Waals surface area contributed by atoms with E-state index >= 15 is 0 Å². The van der Waals surface area contributed by atoms with Crippen LogP contribution in [0.2, 0.25) is 0 Å². The summed E-state index contributed by atoms with van der Waals surface area (Å²) in [4.78, 5) is 10.2. The first kappa shape index (κ1) is 15.1. The Morgan fingerprint density at radius 3 is 2.62 bits per heavy atom. The predicted octanol–water partition coefficient (Wildman–Crippen LogP) is 2.56. The summed E-state index contributed by atoms with van der Waals surface area (Å²) in [6.07, 6.45) is -0.760. The molecule has 0 heterocycles. The molecule has 0 aromatic heterocycles. The Hall–Kier alpha value is -2.31. The molecule has 0 amide bonds. The fourth-order valence-electron chi connectivity index (χ4n) is 1.94. The van der Waals surface area contributed by atoms with Crippen LogP contribution in [0.4, 0.5) is 10.1 Å². The molecule has 1 unspecified atom stereocenters. The van der Waals surface area contributed by atoms with Crippen molar-refractivity contribution in [2.24, 2.45) is 0 Å². The molecule has 21 heavy (non-hydrogen) atoms. The van der Waals surface area contributed by atoms with Gasteiger partial charge in [-0.05, 0) is 23.3 Å². The highest BCUT2D eigenvalue weighted by Gasteiger charge is 2.08. The smallest absolute Gasteiger partial charge is 0.269 e. The number of nitrogens with one attached hydrogen (secondary N) is 1. The van der Waals surface area contributed by atoms with E-state index in [0.29, 0.717) is 12.1 Å². The number of benzene rings is 2. The van der Waals surface area contributed by atoms with Gasteiger partial charge in [0.15, 0.2) is 0 Å². The average Bonchev–Trinajstić information content (AvgIpc) is 2.48. The van der Waals surface area contributed by atoms with Gasteiger partial charge in [-0.1, -0.05) is 24.3 Å². The highest BCUT2D eigenvalue weighted by molar-refractivity contribution is 5.34. The fourth-order valence-corrected chi connectivity index (χ4v) is 1.94. The quantitative estimate of drug-likeness (QED) is 0.633. The number of aliphatic hydroxyl groups excluding tert-OH is 1. The number of nitro benzene ring substituents is 1. The van der Waals surface area contributed by atoms with Gasteiger partial charge in [-0.2, -0.15) is 0 Å². The number of rotatable bonds is 6. The van der Waals surface area contributed by atoms with Crippen molar-refractivity contribution in [3.63, 3.8) is 0 Å². The van der Waals surface area contributed by atoms with E-state index in [1.54, 1.807) is 12.1 Å². The number of hydrogen-bond acceptors (Lipinski definition) is 4. The lowest BCUT2D eigenvalue weighted by Crippen LogP contribution is -2.21. The minimum absolute atomic E-state index is 0.0355. The van der Waals surface area contributed by atoms with Gasteiger partial charge in [0, 0.05) is 25.2 Å². The van der Waals surface area contributed by atoms with Crippen molar-refractivity contribution in [1.29, 1.82) is 0 Å². The van der Waals surface area contributed by atoms with Crippen LogP contribution in [0.5, 0.6) is 0 Å². The number of nitro groups is 1. The minimum atomic E-state index is -0.760. The molecule has 0 bridgehead atoms. The van der Waals surface area contributed by atoms with Crippen molar-refractivity contribution < 1.29 is 14.4 Å². The lowest BCUT2D eigenvalue weighted by atomic mass is 10.1. The van der Waals surface area contributed by atoms with Gasteiger partial charge in [0.25, 0.3) is 5.69 Å². The van der Waals surface area contributed by atoms with Gasteiger partial charge < -0.3 is 10.4 Å². The molecule has 110 valence electrons. The summed E-state index contributed by atoms with van der Waals surface area (Å²) in [5, 5.41) is 23.6. The Balaban J connectivity index is 1.87. The molecule has 0 saturated heterocycles. The molecule has 0 aliphatic rings. The second kappa shape index (κ2) is 6.92. The molecule has 2 rings (SSSR count). The van der Waals surface area contributed by atoms with E-state index in [1.807, 2.05) is 0 Å². The Labute approximate surface area is 121 Å². The van der Waals surface area contributed by atoms with Gasteiger partial charge in [0.1, 0.15) is 5.82 Å². The summed E-state index contributed by atoms with van der Waals surface area (Å²) in [7, 11) is 0. The first-order valence-electron chi connectivity index (χ1n) is 6.44. The lowest BCUT2D eigenvalue weighted by Gasteiger charge is -2.12. The van der Waals surface area contributed by atoms with Crippen LogP contribution in [-0.4, -0.2) is 16.6 Å². The van der Waals surface area contributed by atoms with E-state index in [9.17, 15) is 19.6 Å². The van der Waals surface area contributed by atoms with E-state index in [-0.39, 0.29) is 18.0 Å². The minimum Gasteiger partial charge on any atom is -0.387 e. The summed E-state index contributed by atoms with van der Waals surface area (Å²) < 4.78 is 12.8. The third-order valence-corrected chi connectivity index (χ3v) is 3.04. The molecule has 0 radical (unpaired) electrons. The van der Waals surface area contributed by atoms with Gasteiger partial charge in [-0.15, -0.1) is 0 Å². The van der Waals surface area contributed by atoms with Crippen molar-refractivity contribution in [1.82, 2.24) is 5.32 Å². The third kappa shape index (κ3) is 4.34. The van der Waals surface area contributed by atoms with Gasteiger partial charge in [0.2, 0.25) is 0 Å². The summed E-state index contributed by atoms with van der Waals surface area (Å²) in [6.45, 7) is 0.675. The van der Waals surface area contributed by atoms with Crippen molar-refractivity contribution >= 4 is 5.69 Å². The summed E-state index contributed by atoms with van der Waals surface area (Å²) in [5.41, 5.74) is 1.41. The maximum absolute atomic E-state index is 12.8. The number of halogens is 1. The zero-order chi connectivity index (χ0) is 15.2. The maximum Gasteiger partial charge on any atom is 0.269 e. The molecular weight excluding hydrogens is 275 g/mol. The molecule has 2 aromatic rings. The monoisotopic (exact) mass is 290 g/mol. The highest BCUT2D eigenvalue weighted by Crippen LogP contribution is 2.14. The predicted molar refractivity (Wildman–Crippen MR) is 76.2 cm³/mol. The van der Waals surface area contributed by atoms with Crippen LogP contribution in [0.3, 0.4) is 0 Å². The van der Waals surface area contributed by atoms with Crippen LogP contribution in [0.1, 0.15) is 17.2 Å². The average molecular weight is 290 g/mol. The Bertz CT molecular complexity index is 617. The first-order valence-corrected chi connectivity index (χ1v) is 6.44. The molecule has 1 atom stereocenters. The standard InChI is InChI=1S/C15H15FN2O3/c16-13-6-4-12(5-7-13)15(19)10-17-9-11-2-1-3-14(8-11)18(20)21/h1-8,15,17,19H,9-10H2. The number of non-ortho nitro benzene ring substituents is 1. The van der Waals surface area contributed by atoms with Crippen molar-refractivity contribution in [2.45, 2.75) is 12.6 Å². The maximum atomic E-state index is 12.8. The van der Waals surface area contributed by atoms with Crippen molar-refractivity contribution in [3.8, 4) is 0 Å². The van der Waals surface area contributed by atoms with E-state index in [0.717, 1.165) is 5.56 Å². The van der Waals surface area contributed by atoms with E-state index in [4.69, 9.17) is 0 Å². The Morgan fingerprint density at radius 2 is 1.95 bits per heavy atom. The molecule has 0 aliphatic carbocycles. The summed E-state index contributed by atoms with van der Waals surface area (Å²) >= 11 is 0. The van der Waals surface area contributed by atoms with E-state index < -0.39 is 11.0 Å². The lowest BCUT2D eigenvalue weighted by molar-refractivity contribution is -0.384. The second-order valence-electron chi connectivity index (χ2n) is 4.63. The van der Waals surface area contributed by atoms with Crippen LogP contribution in [0.15, 0.2) is 48.5 Å². The SMILES string of the molecule is O=[N+]([O-])c1cccc(CNCC(O)c2ccc(F)cc2)c1. The molecule has 2 aromatic carbocycles. The first-order chi connectivity index (χ1) is 10.1. The molecule has 0 aliphatic heterocycles. The number of nitrogens with zero attached hydrogens (tertiary/aromatic N) is 1. The number of hydrogen-bond donors (Lipinski definition) is 2. The highest BCUT2D eigenvalue weighted by atomic mass is 19.1. The topological polar surface area (TPSA) is 75.4 Å². The molecular formula is C15H15FN2O3. The zero-order valence-electron chi connectivity index (χ0n) is 11.2. The van der Waals surface area contributed by atoms with Crippen LogP contribution in [0.25, 0.3) is 0 Å². The van der Waals surface area contributed by atoms with Crippen LogP contribution in [0, 0.1) is 15.9 Å². The second-order valence-corrected chi connectivity index (χ2v) is 4.63. The van der Waals surface area contributed by atoms with E-state index in [1.165, 1.54) is 36.4 Å². The van der Waals surface area contributed by atoms with Gasteiger partial charge in [-0.3, -0.25) is 10.1 Å². The van der Waals surface area contributed by atoms with E-state index in [2.05, 4.69) is 5.32 Å². The molecule has 0 saturated carbocycles. The molecule has 6 heteroatoms. The fraction of sp³-hybridized carbons (Fsp3) is 0.200. The Kier molecular flexibility index (Phi) is 4.97. The van der Waals surface area contributed by atoms with Crippen LogP contribution in [-0.2, 0) is 6.54 Å². The molecule has 5 nitrogen and oxygen atoms in total. The molecule has 0 fully saturated rings. The summed E-state index contributed by atoms with van der Waals surface area (Å²) in [5.74, 6) is -0.351. The molecule has 0 spiro atoms. The normalized spacial score (nSPS) is 12.1. The van der Waals surface area contributed by atoms with Gasteiger partial charge >= 0.3 is 0 Å². The van der Waals surface area contributed by atoms with Crippen molar-refractivity contribution in [3.05, 3.63) is 75.6 Å². The summed E-state index contributed by atoms with van der Waals surface area (Å²) in [6, 6.07) is 11.9. The van der Waals surface area contributed by atoms with Crippen LogP contribution < -0.4 is 5.32 Å². The Morgan fingerprint density at radius 1 is 1.24 bits per heavy atom. The third-order valence-electron chi connectivity index (χ3n) is 3.04.